The van der Waals surface area contributed by atoms with E-state index in [0.29, 0.717) is 19.7 Å². The molecule has 0 bridgehead atoms. The third-order valence-corrected chi connectivity index (χ3v) is 4.92. The second kappa shape index (κ2) is 8.58. The molecule has 5 atom stereocenters. The van der Waals surface area contributed by atoms with E-state index in [0.717, 1.165) is 5.56 Å². The third kappa shape index (κ3) is 4.33. The van der Waals surface area contributed by atoms with Crippen molar-refractivity contribution in [1.82, 2.24) is 10.2 Å². The first-order valence-electron chi connectivity index (χ1n) is 8.44. The van der Waals surface area contributed by atoms with Gasteiger partial charge in [-0.15, -0.1) is 0 Å². The SMILES string of the molecule is CN[C@@H](C)[C@H](O)[C@H](C)C(C(=O)O)N1CCOC(c2ccccc2)C1. The number of hydrogen-bond donors (Lipinski definition) is 3. The molecule has 2 rings (SSSR count). The van der Waals surface area contributed by atoms with Crippen LogP contribution >= 0.6 is 0 Å². The van der Waals surface area contributed by atoms with E-state index in [1.807, 2.05) is 42.2 Å². The van der Waals surface area contributed by atoms with E-state index in [9.17, 15) is 15.0 Å². The van der Waals surface area contributed by atoms with E-state index in [1.165, 1.54) is 0 Å². The van der Waals surface area contributed by atoms with Crippen LogP contribution in [-0.2, 0) is 9.53 Å². The molecular weight excluding hydrogens is 308 g/mol. The Morgan fingerprint density at radius 2 is 2.00 bits per heavy atom. The fourth-order valence-electron chi connectivity index (χ4n) is 3.32. The number of carboxylic acids is 1. The molecule has 0 spiro atoms. The standard InChI is InChI=1S/C18H28N2O4/c1-12(17(21)13(2)19-3)16(18(22)23)20-9-10-24-15(11-20)14-7-5-4-6-8-14/h4-8,12-13,15-17,19,21H,9-11H2,1-3H3,(H,22,23)/t12-,13+,15?,16?,17-/m1/s1. The Balaban J connectivity index is 2.14. The number of benzene rings is 1. The molecule has 1 aliphatic heterocycles. The van der Waals surface area contributed by atoms with Crippen LogP contribution in [0.1, 0.15) is 25.5 Å². The number of carboxylic acid groups (broad SMARTS) is 1. The molecule has 1 aromatic carbocycles. The summed E-state index contributed by atoms with van der Waals surface area (Å²) >= 11 is 0. The molecule has 2 unspecified atom stereocenters. The van der Waals surface area contributed by atoms with Crippen LogP contribution in [0, 0.1) is 5.92 Å². The van der Waals surface area contributed by atoms with E-state index in [2.05, 4.69) is 5.32 Å². The van der Waals surface area contributed by atoms with Crippen molar-refractivity contribution in [3.8, 4) is 0 Å². The van der Waals surface area contributed by atoms with Crippen LogP contribution in [0.2, 0.25) is 0 Å². The topological polar surface area (TPSA) is 82.0 Å². The van der Waals surface area contributed by atoms with Gasteiger partial charge in [-0.3, -0.25) is 9.69 Å². The minimum atomic E-state index is -0.904. The van der Waals surface area contributed by atoms with E-state index in [-0.39, 0.29) is 12.1 Å². The highest BCUT2D eigenvalue weighted by molar-refractivity contribution is 5.74. The summed E-state index contributed by atoms with van der Waals surface area (Å²) in [6.07, 6.45) is -0.887. The molecule has 0 aromatic heterocycles. The van der Waals surface area contributed by atoms with Gasteiger partial charge in [0.1, 0.15) is 6.04 Å². The van der Waals surface area contributed by atoms with Gasteiger partial charge in [-0.1, -0.05) is 37.3 Å². The maximum atomic E-state index is 11.9. The zero-order valence-corrected chi connectivity index (χ0v) is 14.6. The van der Waals surface area contributed by atoms with Crippen LogP contribution in [0.25, 0.3) is 0 Å². The summed E-state index contributed by atoms with van der Waals surface area (Å²) in [6, 6.07) is 8.91. The molecule has 0 amide bonds. The predicted octanol–water partition coefficient (Wildman–Crippen LogP) is 1.12. The number of aliphatic hydroxyl groups is 1. The van der Waals surface area contributed by atoms with Gasteiger partial charge in [0.25, 0.3) is 0 Å². The van der Waals surface area contributed by atoms with E-state index in [1.54, 1.807) is 14.0 Å². The normalized spacial score (nSPS) is 24.1. The van der Waals surface area contributed by atoms with Crippen LogP contribution in [-0.4, -0.2) is 66.0 Å². The molecule has 6 nitrogen and oxygen atoms in total. The summed E-state index contributed by atoms with van der Waals surface area (Å²) in [7, 11) is 1.76. The Morgan fingerprint density at radius 3 is 2.58 bits per heavy atom. The van der Waals surface area contributed by atoms with Crippen molar-refractivity contribution in [2.75, 3.05) is 26.7 Å². The first kappa shape index (κ1) is 18.9. The maximum Gasteiger partial charge on any atom is 0.321 e. The van der Waals surface area contributed by atoms with Gasteiger partial charge in [-0.25, -0.2) is 0 Å². The minimum Gasteiger partial charge on any atom is -0.480 e. The van der Waals surface area contributed by atoms with E-state index >= 15 is 0 Å². The van der Waals surface area contributed by atoms with Gasteiger partial charge in [0.05, 0.1) is 18.8 Å². The van der Waals surface area contributed by atoms with Crippen molar-refractivity contribution in [3.05, 3.63) is 35.9 Å². The van der Waals surface area contributed by atoms with Crippen molar-refractivity contribution in [3.63, 3.8) is 0 Å². The highest BCUT2D eigenvalue weighted by atomic mass is 16.5. The lowest BCUT2D eigenvalue weighted by Crippen LogP contribution is -2.55. The molecule has 1 aliphatic rings. The lowest BCUT2D eigenvalue weighted by atomic mass is 9.89. The Kier molecular flexibility index (Phi) is 6.74. The van der Waals surface area contributed by atoms with Crippen molar-refractivity contribution >= 4 is 5.97 Å². The Morgan fingerprint density at radius 1 is 1.33 bits per heavy atom. The van der Waals surface area contributed by atoms with Crippen molar-refractivity contribution in [2.24, 2.45) is 5.92 Å². The first-order valence-corrected chi connectivity index (χ1v) is 8.44. The molecule has 1 aromatic rings. The number of ether oxygens (including phenoxy) is 1. The second-order valence-corrected chi connectivity index (χ2v) is 6.48. The Labute approximate surface area is 143 Å². The van der Waals surface area contributed by atoms with Crippen LogP contribution in [0.4, 0.5) is 0 Å². The molecule has 1 heterocycles. The molecular formula is C18H28N2O4. The van der Waals surface area contributed by atoms with Gasteiger partial charge in [-0.2, -0.15) is 0 Å². The zero-order chi connectivity index (χ0) is 17.7. The summed E-state index contributed by atoms with van der Waals surface area (Å²) in [5.41, 5.74) is 1.04. The average molecular weight is 336 g/mol. The van der Waals surface area contributed by atoms with Gasteiger partial charge >= 0.3 is 5.97 Å². The van der Waals surface area contributed by atoms with Gasteiger partial charge in [0, 0.05) is 25.0 Å². The zero-order valence-electron chi connectivity index (χ0n) is 14.6. The van der Waals surface area contributed by atoms with Crippen LogP contribution in [0.3, 0.4) is 0 Å². The second-order valence-electron chi connectivity index (χ2n) is 6.48. The highest BCUT2D eigenvalue weighted by Gasteiger charge is 2.39. The predicted molar refractivity (Wildman–Crippen MR) is 91.8 cm³/mol. The summed E-state index contributed by atoms with van der Waals surface area (Å²) < 4.78 is 5.82. The van der Waals surface area contributed by atoms with E-state index in [4.69, 9.17) is 4.74 Å². The Hall–Kier alpha value is -1.47. The summed E-state index contributed by atoms with van der Waals surface area (Å²) in [5.74, 6) is -1.31. The molecule has 0 radical (unpaired) electrons. The Bertz CT molecular complexity index is 525. The van der Waals surface area contributed by atoms with Crippen LogP contribution in [0.5, 0.6) is 0 Å². The molecule has 0 aliphatic carbocycles. The van der Waals surface area contributed by atoms with Gasteiger partial charge in [0.15, 0.2) is 0 Å². The number of likely N-dealkylation sites (N-methyl/N-ethyl adjacent to an activating group) is 1. The molecule has 1 fully saturated rings. The maximum absolute atomic E-state index is 11.9. The molecule has 0 saturated carbocycles. The quantitative estimate of drug-likeness (QED) is 0.692. The van der Waals surface area contributed by atoms with Gasteiger partial charge in [0.2, 0.25) is 0 Å². The van der Waals surface area contributed by atoms with Crippen LogP contribution < -0.4 is 5.32 Å². The smallest absolute Gasteiger partial charge is 0.321 e. The fraction of sp³-hybridized carbons (Fsp3) is 0.611. The first-order chi connectivity index (χ1) is 11.5. The number of rotatable bonds is 7. The van der Waals surface area contributed by atoms with Crippen molar-refractivity contribution in [1.29, 1.82) is 0 Å². The van der Waals surface area contributed by atoms with E-state index < -0.39 is 24.0 Å². The summed E-state index contributed by atoms with van der Waals surface area (Å²) in [4.78, 5) is 13.8. The van der Waals surface area contributed by atoms with Gasteiger partial charge in [-0.05, 0) is 19.5 Å². The van der Waals surface area contributed by atoms with Crippen molar-refractivity contribution < 1.29 is 19.7 Å². The highest BCUT2D eigenvalue weighted by Crippen LogP contribution is 2.26. The number of aliphatic hydroxyl groups excluding tert-OH is 1. The summed E-state index contributed by atoms with van der Waals surface area (Å²) in [6.45, 7) is 5.18. The number of aliphatic carboxylic acids is 1. The lowest BCUT2D eigenvalue weighted by Gasteiger charge is -2.40. The van der Waals surface area contributed by atoms with Gasteiger partial charge < -0.3 is 20.3 Å². The fourth-order valence-corrected chi connectivity index (χ4v) is 3.32. The van der Waals surface area contributed by atoms with Crippen molar-refractivity contribution in [2.45, 2.75) is 38.1 Å². The monoisotopic (exact) mass is 336 g/mol. The summed E-state index contributed by atoms with van der Waals surface area (Å²) in [5, 5.41) is 23.2. The number of nitrogens with zero attached hydrogens (tertiary/aromatic N) is 1. The largest absolute Gasteiger partial charge is 0.480 e. The number of hydrogen-bond acceptors (Lipinski definition) is 5. The number of carbonyl (C=O) groups is 1. The number of morpholine rings is 1. The average Bonchev–Trinajstić information content (AvgIpc) is 2.61. The van der Waals surface area contributed by atoms with Crippen LogP contribution in [0.15, 0.2) is 30.3 Å². The molecule has 1 saturated heterocycles. The molecule has 24 heavy (non-hydrogen) atoms. The number of nitrogens with one attached hydrogen (secondary N) is 1. The lowest BCUT2D eigenvalue weighted by molar-refractivity contribution is -0.152. The third-order valence-electron chi connectivity index (χ3n) is 4.92. The molecule has 6 heteroatoms. The molecule has 134 valence electrons. The molecule has 3 N–H and O–H groups in total. The minimum absolute atomic E-state index is 0.145.